The monoisotopic (exact) mass is 284 g/mol. The lowest BCUT2D eigenvalue weighted by Crippen LogP contribution is -2.23. The maximum absolute atomic E-state index is 12.0. The van der Waals surface area contributed by atoms with Crippen molar-refractivity contribution in [3.8, 4) is 5.75 Å². The van der Waals surface area contributed by atoms with Crippen LogP contribution in [0.1, 0.15) is 29.9 Å². The maximum atomic E-state index is 12.0. The summed E-state index contributed by atoms with van der Waals surface area (Å²) in [7, 11) is 0. The molecule has 0 saturated heterocycles. The number of Topliss-reactive ketones (excluding diaryl/α,β-unsaturated/α-hetero) is 1. The van der Waals surface area contributed by atoms with Crippen molar-refractivity contribution in [3.63, 3.8) is 0 Å². The molecule has 2 aromatic rings. The zero-order valence-electron chi connectivity index (χ0n) is 12.4. The smallest absolute Gasteiger partial charge is 0.176 e. The number of ketones is 1. The van der Waals surface area contributed by atoms with Crippen LogP contribution in [0.5, 0.6) is 5.75 Å². The molecule has 4 nitrogen and oxygen atoms in total. The number of pyridine rings is 1. The van der Waals surface area contributed by atoms with Gasteiger partial charge in [-0.05, 0) is 50.2 Å². The lowest BCUT2D eigenvalue weighted by Gasteiger charge is -2.10. The highest BCUT2D eigenvalue weighted by Crippen LogP contribution is 2.14. The first-order valence-electron chi connectivity index (χ1n) is 7.05. The summed E-state index contributed by atoms with van der Waals surface area (Å²) in [6.45, 7) is 4.82. The number of hydrogen-bond donors (Lipinski definition) is 1. The average molecular weight is 284 g/mol. The molecule has 2 rings (SSSR count). The van der Waals surface area contributed by atoms with E-state index in [1.165, 1.54) is 0 Å². The Labute approximate surface area is 125 Å². The third-order valence-corrected chi connectivity index (χ3v) is 2.87. The van der Waals surface area contributed by atoms with Crippen molar-refractivity contribution in [2.24, 2.45) is 0 Å². The van der Waals surface area contributed by atoms with Gasteiger partial charge < -0.3 is 10.1 Å². The molecule has 0 unspecified atom stereocenters. The first kappa shape index (κ1) is 15.2. The molecule has 0 amide bonds. The predicted molar refractivity (Wildman–Crippen MR) is 82.5 cm³/mol. The largest absolute Gasteiger partial charge is 0.491 e. The van der Waals surface area contributed by atoms with Crippen LogP contribution in [0.4, 0.5) is 0 Å². The van der Waals surface area contributed by atoms with E-state index in [1.54, 1.807) is 18.3 Å². The van der Waals surface area contributed by atoms with Crippen LogP contribution in [-0.2, 0) is 6.54 Å². The van der Waals surface area contributed by atoms with Gasteiger partial charge in [0.1, 0.15) is 5.75 Å². The van der Waals surface area contributed by atoms with Crippen LogP contribution in [0.3, 0.4) is 0 Å². The van der Waals surface area contributed by atoms with E-state index in [0.29, 0.717) is 18.7 Å². The predicted octanol–water partition coefficient (Wildman–Crippen LogP) is 2.84. The van der Waals surface area contributed by atoms with Crippen LogP contribution < -0.4 is 10.1 Å². The van der Waals surface area contributed by atoms with Gasteiger partial charge in [-0.1, -0.05) is 6.07 Å². The third-order valence-electron chi connectivity index (χ3n) is 2.87. The summed E-state index contributed by atoms with van der Waals surface area (Å²) in [5.74, 6) is 0.838. The summed E-state index contributed by atoms with van der Waals surface area (Å²) in [5, 5.41) is 3.10. The van der Waals surface area contributed by atoms with Gasteiger partial charge in [-0.3, -0.25) is 9.78 Å². The number of carbonyl (C=O) groups excluding carboxylic acids is 1. The number of benzene rings is 1. The second-order valence-corrected chi connectivity index (χ2v) is 5.04. The second-order valence-electron chi connectivity index (χ2n) is 5.04. The minimum Gasteiger partial charge on any atom is -0.491 e. The zero-order valence-corrected chi connectivity index (χ0v) is 12.4. The van der Waals surface area contributed by atoms with Crippen LogP contribution >= 0.6 is 0 Å². The fourth-order valence-corrected chi connectivity index (χ4v) is 1.90. The summed E-state index contributed by atoms with van der Waals surface area (Å²) >= 11 is 0. The molecule has 0 aliphatic rings. The van der Waals surface area contributed by atoms with Crippen molar-refractivity contribution in [3.05, 3.63) is 59.9 Å². The van der Waals surface area contributed by atoms with Crippen molar-refractivity contribution in [2.75, 3.05) is 6.54 Å². The molecular weight excluding hydrogens is 264 g/mol. The number of rotatable bonds is 7. The van der Waals surface area contributed by atoms with E-state index < -0.39 is 0 Å². The van der Waals surface area contributed by atoms with Gasteiger partial charge in [0.25, 0.3) is 0 Å². The van der Waals surface area contributed by atoms with E-state index in [9.17, 15) is 4.79 Å². The van der Waals surface area contributed by atoms with E-state index in [0.717, 1.165) is 11.4 Å². The fraction of sp³-hybridized carbons (Fsp3) is 0.294. The quantitative estimate of drug-likeness (QED) is 0.794. The Hall–Kier alpha value is -2.20. The zero-order chi connectivity index (χ0) is 15.1. The first-order chi connectivity index (χ1) is 10.1. The van der Waals surface area contributed by atoms with Gasteiger partial charge in [0.2, 0.25) is 0 Å². The van der Waals surface area contributed by atoms with Gasteiger partial charge in [0.15, 0.2) is 5.78 Å². The van der Waals surface area contributed by atoms with Crippen LogP contribution in [0.2, 0.25) is 0 Å². The van der Waals surface area contributed by atoms with Gasteiger partial charge in [-0.25, -0.2) is 0 Å². The van der Waals surface area contributed by atoms with Crippen molar-refractivity contribution >= 4 is 5.78 Å². The van der Waals surface area contributed by atoms with E-state index >= 15 is 0 Å². The van der Waals surface area contributed by atoms with Crippen LogP contribution in [0, 0.1) is 0 Å². The number of ether oxygens (including phenoxy) is 1. The highest BCUT2D eigenvalue weighted by molar-refractivity contribution is 5.97. The van der Waals surface area contributed by atoms with Crippen LogP contribution in [0.25, 0.3) is 0 Å². The Bertz CT molecular complexity index is 565. The lowest BCUT2D eigenvalue weighted by atomic mass is 10.1. The molecule has 0 bridgehead atoms. The van der Waals surface area contributed by atoms with E-state index in [2.05, 4.69) is 10.3 Å². The van der Waals surface area contributed by atoms with Crippen LogP contribution in [0.15, 0.2) is 48.7 Å². The molecule has 0 spiro atoms. The first-order valence-corrected chi connectivity index (χ1v) is 7.05. The summed E-state index contributed by atoms with van der Waals surface area (Å²) in [4.78, 5) is 16.2. The molecule has 1 N–H and O–H groups in total. The summed E-state index contributed by atoms with van der Waals surface area (Å²) < 4.78 is 5.55. The number of nitrogens with zero attached hydrogens (tertiary/aromatic N) is 1. The fourth-order valence-electron chi connectivity index (χ4n) is 1.90. The number of aromatic nitrogens is 1. The molecular formula is C17H20N2O2. The third kappa shape index (κ3) is 5.00. The number of nitrogens with one attached hydrogen (secondary N) is 1. The number of carbonyl (C=O) groups is 1. The molecule has 1 aromatic heterocycles. The van der Waals surface area contributed by atoms with Gasteiger partial charge in [-0.15, -0.1) is 0 Å². The summed E-state index contributed by atoms with van der Waals surface area (Å²) in [5.41, 5.74) is 1.60. The highest BCUT2D eigenvalue weighted by atomic mass is 16.5. The van der Waals surface area contributed by atoms with Crippen molar-refractivity contribution in [1.29, 1.82) is 0 Å². The van der Waals surface area contributed by atoms with Crippen molar-refractivity contribution in [2.45, 2.75) is 26.5 Å². The Morgan fingerprint density at radius 2 is 1.95 bits per heavy atom. The SMILES string of the molecule is CC(C)Oc1ccc(C(=O)CNCc2ccccn2)cc1. The van der Waals surface area contributed by atoms with Gasteiger partial charge in [0.05, 0.1) is 18.3 Å². The van der Waals surface area contributed by atoms with Crippen LogP contribution in [-0.4, -0.2) is 23.4 Å². The maximum Gasteiger partial charge on any atom is 0.176 e. The molecule has 21 heavy (non-hydrogen) atoms. The second kappa shape index (κ2) is 7.55. The van der Waals surface area contributed by atoms with Crippen molar-refractivity contribution < 1.29 is 9.53 Å². The molecule has 0 atom stereocenters. The van der Waals surface area contributed by atoms with Crippen molar-refractivity contribution in [1.82, 2.24) is 10.3 Å². The van der Waals surface area contributed by atoms with E-state index in [1.807, 2.05) is 44.2 Å². The molecule has 1 aromatic carbocycles. The molecule has 0 fully saturated rings. The Morgan fingerprint density at radius 1 is 1.19 bits per heavy atom. The minimum absolute atomic E-state index is 0.0574. The molecule has 110 valence electrons. The Morgan fingerprint density at radius 3 is 2.57 bits per heavy atom. The normalized spacial score (nSPS) is 10.6. The summed E-state index contributed by atoms with van der Waals surface area (Å²) in [6, 6.07) is 13.0. The molecule has 4 heteroatoms. The van der Waals surface area contributed by atoms with E-state index in [-0.39, 0.29) is 11.9 Å². The topological polar surface area (TPSA) is 51.2 Å². The average Bonchev–Trinajstić information content (AvgIpc) is 2.48. The lowest BCUT2D eigenvalue weighted by molar-refractivity contribution is 0.0990. The molecule has 0 radical (unpaired) electrons. The van der Waals surface area contributed by atoms with Gasteiger partial charge >= 0.3 is 0 Å². The Balaban J connectivity index is 1.83. The molecule has 1 heterocycles. The van der Waals surface area contributed by atoms with Gasteiger partial charge in [0, 0.05) is 18.3 Å². The Kier molecular flexibility index (Phi) is 5.46. The molecule has 0 aliphatic carbocycles. The number of hydrogen-bond acceptors (Lipinski definition) is 4. The summed E-state index contributed by atoms with van der Waals surface area (Å²) in [6.07, 6.45) is 1.87. The molecule has 0 saturated carbocycles. The standard InChI is InChI=1S/C17H20N2O2/c1-13(2)21-16-8-6-14(7-9-16)17(20)12-18-11-15-5-3-4-10-19-15/h3-10,13,18H,11-12H2,1-2H3. The van der Waals surface area contributed by atoms with Gasteiger partial charge in [-0.2, -0.15) is 0 Å². The molecule has 0 aliphatic heterocycles. The van der Waals surface area contributed by atoms with E-state index in [4.69, 9.17) is 4.74 Å². The highest BCUT2D eigenvalue weighted by Gasteiger charge is 2.06. The minimum atomic E-state index is 0.0574.